The second-order valence-corrected chi connectivity index (χ2v) is 9.00. The molecule has 1 aromatic carbocycles. The summed E-state index contributed by atoms with van der Waals surface area (Å²) in [5.74, 6) is 0.974. The fraction of sp³-hybridized carbons (Fsp3) is 0.542. The molecule has 2 fully saturated rings. The number of imide groups is 1. The van der Waals surface area contributed by atoms with Crippen LogP contribution in [0.1, 0.15) is 24.5 Å². The van der Waals surface area contributed by atoms with Crippen LogP contribution in [0, 0.1) is 23.7 Å². The molecular formula is C24H33N5O2. The van der Waals surface area contributed by atoms with E-state index in [1.54, 1.807) is 0 Å². The van der Waals surface area contributed by atoms with Crippen molar-refractivity contribution in [3.05, 3.63) is 47.5 Å². The topological polar surface area (TPSA) is 77.0 Å². The molecule has 4 unspecified atom stereocenters. The van der Waals surface area contributed by atoms with E-state index in [1.165, 1.54) is 10.5 Å². The third-order valence-corrected chi connectivity index (χ3v) is 6.48. The van der Waals surface area contributed by atoms with Crippen molar-refractivity contribution in [1.82, 2.24) is 20.4 Å². The largest absolute Gasteiger partial charge is 0.357 e. The standard InChI is InChI=1S/C24H33N5O2/c1-4-25-24(27-14-16-5-7-17(8-6-16)15-28(2)3)26-11-12-29-22(30)20-18-9-10-19(13-18)21(20)23(29)31/h5-10,18-21H,4,11-15H2,1-3H3,(H2,25,26,27). The number of benzene rings is 1. The maximum absolute atomic E-state index is 12.8. The first-order valence-corrected chi connectivity index (χ1v) is 11.3. The zero-order valence-corrected chi connectivity index (χ0v) is 18.7. The molecule has 0 spiro atoms. The van der Waals surface area contributed by atoms with E-state index in [-0.39, 0.29) is 35.5 Å². The lowest BCUT2D eigenvalue weighted by atomic mass is 9.85. The second kappa shape index (κ2) is 9.22. The number of rotatable bonds is 8. The van der Waals surface area contributed by atoms with Crippen LogP contribution in [0.2, 0.25) is 0 Å². The van der Waals surface area contributed by atoms with E-state index in [0.717, 1.165) is 25.1 Å². The number of hydrogen-bond donors (Lipinski definition) is 2. The van der Waals surface area contributed by atoms with Gasteiger partial charge in [-0.1, -0.05) is 36.4 Å². The number of allylic oxidation sites excluding steroid dienone is 2. The zero-order chi connectivity index (χ0) is 22.0. The van der Waals surface area contributed by atoms with Crippen molar-refractivity contribution in [1.29, 1.82) is 0 Å². The summed E-state index contributed by atoms with van der Waals surface area (Å²) in [4.78, 5) is 33.8. The molecule has 166 valence electrons. The van der Waals surface area contributed by atoms with Gasteiger partial charge in [0.2, 0.25) is 11.8 Å². The number of hydrogen-bond acceptors (Lipinski definition) is 4. The predicted molar refractivity (Wildman–Crippen MR) is 121 cm³/mol. The molecule has 31 heavy (non-hydrogen) atoms. The molecule has 1 saturated carbocycles. The first kappa shape index (κ1) is 21.6. The van der Waals surface area contributed by atoms with Crippen LogP contribution in [0.3, 0.4) is 0 Å². The Balaban J connectivity index is 1.30. The third kappa shape index (κ3) is 4.51. The molecule has 2 amide bonds. The quantitative estimate of drug-likeness (QED) is 0.288. The van der Waals surface area contributed by atoms with Gasteiger partial charge in [-0.05, 0) is 50.4 Å². The molecule has 0 radical (unpaired) electrons. The molecule has 1 saturated heterocycles. The van der Waals surface area contributed by atoms with E-state index in [4.69, 9.17) is 0 Å². The number of guanidine groups is 1. The lowest BCUT2D eigenvalue weighted by molar-refractivity contribution is -0.140. The first-order chi connectivity index (χ1) is 15.0. The van der Waals surface area contributed by atoms with Crippen molar-refractivity contribution in [2.75, 3.05) is 33.7 Å². The van der Waals surface area contributed by atoms with Crippen LogP contribution < -0.4 is 10.6 Å². The predicted octanol–water partition coefficient (Wildman–Crippen LogP) is 1.61. The van der Waals surface area contributed by atoms with Crippen molar-refractivity contribution in [2.24, 2.45) is 28.7 Å². The first-order valence-electron chi connectivity index (χ1n) is 11.3. The third-order valence-electron chi connectivity index (χ3n) is 6.48. The Morgan fingerprint density at radius 3 is 2.23 bits per heavy atom. The van der Waals surface area contributed by atoms with Gasteiger partial charge in [-0.2, -0.15) is 0 Å². The minimum atomic E-state index is -0.125. The van der Waals surface area contributed by atoms with E-state index >= 15 is 0 Å². The van der Waals surface area contributed by atoms with E-state index in [1.807, 2.05) is 6.92 Å². The van der Waals surface area contributed by atoms with Crippen LogP contribution in [0.4, 0.5) is 0 Å². The summed E-state index contributed by atoms with van der Waals surface area (Å²) in [7, 11) is 4.12. The van der Waals surface area contributed by atoms with Gasteiger partial charge < -0.3 is 15.5 Å². The van der Waals surface area contributed by atoms with Crippen LogP contribution in [0.5, 0.6) is 0 Å². The Morgan fingerprint density at radius 2 is 1.65 bits per heavy atom. The molecule has 0 aromatic heterocycles. The van der Waals surface area contributed by atoms with Gasteiger partial charge in [-0.25, -0.2) is 4.99 Å². The Hall–Kier alpha value is -2.67. The molecule has 4 rings (SSSR count). The van der Waals surface area contributed by atoms with Gasteiger partial charge in [0.15, 0.2) is 5.96 Å². The average Bonchev–Trinajstić information content (AvgIpc) is 3.42. The number of carbonyl (C=O) groups excluding carboxylic acids is 2. The lowest BCUT2D eigenvalue weighted by Gasteiger charge is -2.18. The van der Waals surface area contributed by atoms with Crippen LogP contribution in [-0.2, 0) is 22.7 Å². The molecule has 2 bridgehead atoms. The molecule has 2 aliphatic carbocycles. The monoisotopic (exact) mass is 423 g/mol. The number of nitrogens with one attached hydrogen (secondary N) is 2. The summed E-state index contributed by atoms with van der Waals surface area (Å²) in [6.45, 7) is 5.12. The molecule has 4 atom stereocenters. The Kier molecular flexibility index (Phi) is 6.41. The number of likely N-dealkylation sites (tertiary alicyclic amines) is 1. The van der Waals surface area contributed by atoms with Gasteiger partial charge in [0.25, 0.3) is 0 Å². The fourth-order valence-electron chi connectivity index (χ4n) is 5.10. The van der Waals surface area contributed by atoms with Gasteiger partial charge in [0.1, 0.15) is 0 Å². The summed E-state index contributed by atoms with van der Waals surface area (Å²) >= 11 is 0. The lowest BCUT2D eigenvalue weighted by Crippen LogP contribution is -2.43. The fourth-order valence-corrected chi connectivity index (χ4v) is 5.10. The van der Waals surface area contributed by atoms with E-state index in [0.29, 0.717) is 25.6 Å². The van der Waals surface area contributed by atoms with E-state index in [2.05, 4.69) is 71.0 Å². The molecule has 1 aromatic rings. The highest BCUT2D eigenvalue weighted by atomic mass is 16.2. The Labute approximate surface area is 184 Å². The summed E-state index contributed by atoms with van der Waals surface area (Å²) in [6.07, 6.45) is 5.22. The summed E-state index contributed by atoms with van der Waals surface area (Å²) in [5.41, 5.74) is 2.41. The summed E-state index contributed by atoms with van der Waals surface area (Å²) in [6, 6.07) is 8.48. The van der Waals surface area contributed by atoms with Crippen LogP contribution in [0.25, 0.3) is 0 Å². The van der Waals surface area contributed by atoms with E-state index < -0.39 is 0 Å². The molecular weight excluding hydrogens is 390 g/mol. The average molecular weight is 424 g/mol. The molecule has 1 heterocycles. The van der Waals surface area contributed by atoms with Crippen molar-refractivity contribution < 1.29 is 9.59 Å². The smallest absolute Gasteiger partial charge is 0.233 e. The molecule has 2 N–H and O–H groups in total. The Bertz CT molecular complexity index is 846. The van der Waals surface area contributed by atoms with Gasteiger partial charge in [0.05, 0.1) is 18.4 Å². The number of aliphatic imine (C=N–C) groups is 1. The van der Waals surface area contributed by atoms with Crippen LogP contribution >= 0.6 is 0 Å². The number of fused-ring (bicyclic) bond motifs is 5. The van der Waals surface area contributed by atoms with Crippen LogP contribution in [0.15, 0.2) is 41.4 Å². The minimum Gasteiger partial charge on any atom is -0.357 e. The number of carbonyl (C=O) groups is 2. The highest BCUT2D eigenvalue weighted by Gasteiger charge is 2.58. The second-order valence-electron chi connectivity index (χ2n) is 9.00. The van der Waals surface area contributed by atoms with Gasteiger partial charge in [0, 0.05) is 26.2 Å². The maximum Gasteiger partial charge on any atom is 0.233 e. The van der Waals surface area contributed by atoms with Crippen molar-refractivity contribution in [2.45, 2.75) is 26.4 Å². The summed E-state index contributed by atoms with van der Waals surface area (Å²) in [5, 5.41) is 6.51. The van der Waals surface area contributed by atoms with Gasteiger partial charge >= 0.3 is 0 Å². The zero-order valence-electron chi connectivity index (χ0n) is 18.7. The Morgan fingerprint density at radius 1 is 1.03 bits per heavy atom. The number of nitrogens with zero attached hydrogens (tertiary/aromatic N) is 3. The maximum atomic E-state index is 12.8. The number of amides is 2. The van der Waals surface area contributed by atoms with Crippen molar-refractivity contribution in [3.63, 3.8) is 0 Å². The molecule has 1 aliphatic heterocycles. The van der Waals surface area contributed by atoms with Gasteiger partial charge in [-0.3, -0.25) is 14.5 Å². The normalized spacial score (nSPS) is 26.8. The van der Waals surface area contributed by atoms with E-state index in [9.17, 15) is 9.59 Å². The highest BCUT2D eigenvalue weighted by molar-refractivity contribution is 6.06. The summed E-state index contributed by atoms with van der Waals surface area (Å²) < 4.78 is 0. The molecule has 7 heteroatoms. The SMILES string of the molecule is CCNC(=NCc1ccc(CN(C)C)cc1)NCCN1C(=O)C2C3C=CC(C3)C2C1=O. The highest BCUT2D eigenvalue weighted by Crippen LogP contribution is 2.52. The minimum absolute atomic E-state index is 0.00778. The molecule has 3 aliphatic rings. The molecule has 7 nitrogen and oxygen atoms in total. The van der Waals surface area contributed by atoms with Crippen LogP contribution in [-0.4, -0.2) is 61.3 Å². The van der Waals surface area contributed by atoms with Crippen molar-refractivity contribution in [3.8, 4) is 0 Å². The van der Waals surface area contributed by atoms with Gasteiger partial charge in [-0.15, -0.1) is 0 Å². The van der Waals surface area contributed by atoms with Crippen molar-refractivity contribution >= 4 is 17.8 Å².